The number of nitrogens with zero attached hydrogens (tertiary/aromatic N) is 1. The Morgan fingerprint density at radius 3 is 2.47 bits per heavy atom. The molecule has 162 valence electrons. The molecule has 0 aromatic heterocycles. The SMILES string of the molecule is CC(C)OCc1ccccc1CNC(=O)c1ccc(F)c(S(=O)(=O)N2CCCC2)c1. The Labute approximate surface area is 177 Å². The molecular weight excluding hydrogens is 407 g/mol. The largest absolute Gasteiger partial charge is 0.374 e. The van der Waals surface area contributed by atoms with Crippen molar-refractivity contribution < 1.29 is 22.3 Å². The molecule has 30 heavy (non-hydrogen) atoms. The van der Waals surface area contributed by atoms with E-state index in [0.29, 0.717) is 19.7 Å². The Morgan fingerprint density at radius 1 is 1.13 bits per heavy atom. The van der Waals surface area contributed by atoms with Crippen molar-refractivity contribution in [2.24, 2.45) is 0 Å². The number of carbonyl (C=O) groups is 1. The fraction of sp³-hybridized carbons (Fsp3) is 0.409. The van der Waals surface area contributed by atoms with Gasteiger partial charge in [0, 0.05) is 25.2 Å². The van der Waals surface area contributed by atoms with Gasteiger partial charge in [0.05, 0.1) is 12.7 Å². The summed E-state index contributed by atoms with van der Waals surface area (Å²) in [5.41, 5.74) is 1.96. The number of sulfonamides is 1. The fourth-order valence-electron chi connectivity index (χ4n) is 3.31. The summed E-state index contributed by atoms with van der Waals surface area (Å²) in [5.74, 6) is -1.32. The third-order valence-corrected chi connectivity index (χ3v) is 6.92. The number of halogens is 1. The molecule has 1 heterocycles. The molecule has 0 unspecified atom stereocenters. The van der Waals surface area contributed by atoms with Crippen molar-refractivity contribution in [2.45, 2.75) is 50.8 Å². The Balaban J connectivity index is 1.74. The van der Waals surface area contributed by atoms with Crippen molar-refractivity contribution >= 4 is 15.9 Å². The van der Waals surface area contributed by atoms with Crippen LogP contribution in [0.15, 0.2) is 47.4 Å². The summed E-state index contributed by atoms with van der Waals surface area (Å²) in [7, 11) is -3.95. The van der Waals surface area contributed by atoms with Crippen molar-refractivity contribution in [1.82, 2.24) is 9.62 Å². The number of amides is 1. The van der Waals surface area contributed by atoms with Gasteiger partial charge in [-0.1, -0.05) is 24.3 Å². The lowest BCUT2D eigenvalue weighted by Crippen LogP contribution is -2.29. The highest BCUT2D eigenvalue weighted by molar-refractivity contribution is 7.89. The molecule has 6 nitrogen and oxygen atoms in total. The number of carbonyl (C=O) groups excluding carboxylic acids is 1. The lowest BCUT2D eigenvalue weighted by molar-refractivity contribution is 0.0651. The van der Waals surface area contributed by atoms with Crippen LogP contribution in [0.5, 0.6) is 0 Å². The minimum atomic E-state index is -3.95. The Bertz CT molecular complexity index is 1000. The summed E-state index contributed by atoms with van der Waals surface area (Å²) in [6.45, 7) is 5.32. The van der Waals surface area contributed by atoms with Crippen LogP contribution in [0.2, 0.25) is 0 Å². The summed E-state index contributed by atoms with van der Waals surface area (Å²) in [6, 6.07) is 11.0. The number of hydrogen-bond donors (Lipinski definition) is 1. The second kappa shape index (κ2) is 9.68. The van der Waals surface area contributed by atoms with Gasteiger partial charge in [-0.25, -0.2) is 12.8 Å². The van der Waals surface area contributed by atoms with Crippen LogP contribution in [-0.4, -0.2) is 37.8 Å². The molecule has 1 aliphatic rings. The highest BCUT2D eigenvalue weighted by Gasteiger charge is 2.30. The molecule has 1 amide bonds. The number of rotatable bonds is 8. The summed E-state index contributed by atoms with van der Waals surface area (Å²) in [5, 5.41) is 2.79. The number of ether oxygens (including phenoxy) is 1. The number of benzene rings is 2. The molecular formula is C22H27FN2O4S. The van der Waals surface area contributed by atoms with E-state index in [4.69, 9.17) is 4.74 Å². The Hall–Kier alpha value is -2.29. The van der Waals surface area contributed by atoms with Gasteiger partial charge in [0.15, 0.2) is 0 Å². The molecule has 1 saturated heterocycles. The van der Waals surface area contributed by atoms with Crippen LogP contribution in [0.25, 0.3) is 0 Å². The smallest absolute Gasteiger partial charge is 0.251 e. The maximum Gasteiger partial charge on any atom is 0.251 e. The molecule has 3 rings (SSSR count). The van der Waals surface area contributed by atoms with E-state index < -0.39 is 26.6 Å². The van der Waals surface area contributed by atoms with Crippen LogP contribution in [0.1, 0.15) is 48.2 Å². The molecule has 0 spiro atoms. The maximum absolute atomic E-state index is 14.3. The van der Waals surface area contributed by atoms with E-state index in [9.17, 15) is 17.6 Å². The van der Waals surface area contributed by atoms with Gasteiger partial charge in [0.25, 0.3) is 5.91 Å². The predicted octanol–water partition coefficient (Wildman–Crippen LogP) is 3.47. The molecule has 0 saturated carbocycles. The highest BCUT2D eigenvalue weighted by atomic mass is 32.2. The van der Waals surface area contributed by atoms with Crippen LogP contribution in [0.4, 0.5) is 4.39 Å². The summed E-state index contributed by atoms with van der Waals surface area (Å²) in [4.78, 5) is 12.2. The van der Waals surface area contributed by atoms with Crippen LogP contribution < -0.4 is 5.32 Å². The van der Waals surface area contributed by atoms with Crippen LogP contribution in [-0.2, 0) is 27.9 Å². The van der Waals surface area contributed by atoms with Crippen LogP contribution in [0, 0.1) is 5.82 Å². The standard InChI is InChI=1S/C22H27FN2O4S/c1-16(2)29-15-19-8-4-3-7-18(19)14-24-22(26)17-9-10-20(23)21(13-17)30(27,28)25-11-5-6-12-25/h3-4,7-10,13,16H,5-6,11-12,14-15H2,1-2H3,(H,24,26). The predicted molar refractivity (Wildman–Crippen MR) is 112 cm³/mol. The van der Waals surface area contributed by atoms with Gasteiger partial charge < -0.3 is 10.1 Å². The lowest BCUT2D eigenvalue weighted by Gasteiger charge is -2.17. The van der Waals surface area contributed by atoms with Crippen molar-refractivity contribution in [1.29, 1.82) is 0 Å². The van der Waals surface area contributed by atoms with E-state index in [0.717, 1.165) is 36.1 Å². The molecule has 0 bridgehead atoms. The Kier molecular flexibility index (Phi) is 7.23. The van der Waals surface area contributed by atoms with Crippen molar-refractivity contribution in [3.8, 4) is 0 Å². The summed E-state index contributed by atoms with van der Waals surface area (Å²) in [6.07, 6.45) is 1.59. The lowest BCUT2D eigenvalue weighted by atomic mass is 10.1. The fourth-order valence-corrected chi connectivity index (χ4v) is 4.92. The normalized spacial score (nSPS) is 14.9. The molecule has 0 atom stereocenters. The first kappa shape index (κ1) is 22.4. The van der Waals surface area contributed by atoms with Crippen molar-refractivity contribution in [3.63, 3.8) is 0 Å². The number of nitrogens with one attached hydrogen (secondary N) is 1. The first-order valence-corrected chi connectivity index (χ1v) is 11.5. The third-order valence-electron chi connectivity index (χ3n) is 5.01. The first-order valence-electron chi connectivity index (χ1n) is 10.1. The first-order chi connectivity index (χ1) is 14.3. The minimum absolute atomic E-state index is 0.0860. The maximum atomic E-state index is 14.3. The minimum Gasteiger partial charge on any atom is -0.374 e. The second-order valence-corrected chi connectivity index (χ2v) is 9.47. The van der Waals surface area contributed by atoms with E-state index in [1.165, 1.54) is 10.4 Å². The van der Waals surface area contributed by atoms with E-state index in [2.05, 4.69) is 5.32 Å². The average molecular weight is 435 g/mol. The van der Waals surface area contributed by atoms with Crippen LogP contribution in [0.3, 0.4) is 0 Å². The molecule has 0 radical (unpaired) electrons. The van der Waals surface area contributed by atoms with Crippen molar-refractivity contribution in [2.75, 3.05) is 13.1 Å². The molecule has 2 aromatic carbocycles. The zero-order valence-electron chi connectivity index (χ0n) is 17.2. The molecule has 8 heteroatoms. The third kappa shape index (κ3) is 5.24. The van der Waals surface area contributed by atoms with E-state index in [1.807, 2.05) is 38.1 Å². The van der Waals surface area contributed by atoms with Gasteiger partial charge in [-0.2, -0.15) is 4.31 Å². The molecule has 1 N–H and O–H groups in total. The molecule has 0 aliphatic carbocycles. The van der Waals surface area contributed by atoms with Gasteiger partial charge in [-0.05, 0) is 56.0 Å². The van der Waals surface area contributed by atoms with Gasteiger partial charge in [0.1, 0.15) is 10.7 Å². The zero-order valence-corrected chi connectivity index (χ0v) is 18.0. The average Bonchev–Trinajstić information content (AvgIpc) is 3.27. The van der Waals surface area contributed by atoms with Gasteiger partial charge >= 0.3 is 0 Å². The van der Waals surface area contributed by atoms with Crippen molar-refractivity contribution in [3.05, 3.63) is 65.0 Å². The van der Waals surface area contributed by atoms with E-state index >= 15 is 0 Å². The highest BCUT2D eigenvalue weighted by Crippen LogP contribution is 2.24. The quantitative estimate of drug-likeness (QED) is 0.690. The van der Waals surface area contributed by atoms with E-state index in [1.54, 1.807) is 0 Å². The Morgan fingerprint density at radius 2 is 1.80 bits per heavy atom. The summed E-state index contributed by atoms with van der Waals surface area (Å²) < 4.78 is 46.6. The summed E-state index contributed by atoms with van der Waals surface area (Å²) >= 11 is 0. The van der Waals surface area contributed by atoms with Crippen LogP contribution >= 0.6 is 0 Å². The topological polar surface area (TPSA) is 75.7 Å². The number of hydrogen-bond acceptors (Lipinski definition) is 4. The van der Waals surface area contributed by atoms with Gasteiger partial charge in [-0.15, -0.1) is 0 Å². The zero-order chi connectivity index (χ0) is 21.7. The monoisotopic (exact) mass is 434 g/mol. The second-order valence-electron chi connectivity index (χ2n) is 7.57. The van der Waals surface area contributed by atoms with Gasteiger partial charge in [0.2, 0.25) is 10.0 Å². The molecule has 2 aromatic rings. The molecule has 1 aliphatic heterocycles. The van der Waals surface area contributed by atoms with E-state index in [-0.39, 0.29) is 18.2 Å². The van der Waals surface area contributed by atoms with Gasteiger partial charge in [-0.3, -0.25) is 4.79 Å². The molecule has 1 fully saturated rings.